The van der Waals surface area contributed by atoms with Crippen molar-refractivity contribution in [2.24, 2.45) is 0 Å². The van der Waals surface area contributed by atoms with Gasteiger partial charge in [0.2, 0.25) is 0 Å². The van der Waals surface area contributed by atoms with E-state index in [-0.39, 0.29) is 0 Å². The number of hydrogen-bond donors (Lipinski definition) is 0. The van der Waals surface area contributed by atoms with Crippen molar-refractivity contribution in [1.29, 1.82) is 0 Å². The molecular weight excluding hydrogens is 328 g/mol. The maximum Gasteiger partial charge on any atom is 0.0716 e. The molecule has 3 heterocycles. The van der Waals surface area contributed by atoms with Gasteiger partial charge in [0.15, 0.2) is 0 Å². The van der Waals surface area contributed by atoms with E-state index in [0.29, 0.717) is 0 Å². The van der Waals surface area contributed by atoms with Gasteiger partial charge < -0.3 is 4.90 Å². The predicted molar refractivity (Wildman–Crippen MR) is 110 cm³/mol. The molecule has 128 valence electrons. The van der Waals surface area contributed by atoms with Gasteiger partial charge in [-0.25, -0.2) is 0 Å². The minimum absolute atomic E-state index is 0.887. The molecule has 0 aliphatic carbocycles. The minimum atomic E-state index is 0.887. The van der Waals surface area contributed by atoms with Gasteiger partial charge in [-0.2, -0.15) is 0 Å². The molecule has 0 saturated heterocycles. The van der Waals surface area contributed by atoms with Crippen LogP contribution in [-0.4, -0.2) is 4.98 Å². The number of aromatic nitrogens is 1. The topological polar surface area (TPSA) is 16.1 Å². The third-order valence-corrected chi connectivity index (χ3v) is 5.71. The zero-order valence-electron chi connectivity index (χ0n) is 14.9. The summed E-state index contributed by atoms with van der Waals surface area (Å²) in [6.45, 7) is 0. The molecule has 0 N–H and O–H groups in total. The average Bonchev–Trinajstić information content (AvgIpc) is 2.74. The number of nitrogens with zero attached hydrogens (tertiary/aromatic N) is 2. The van der Waals surface area contributed by atoms with E-state index in [0.717, 1.165) is 12.8 Å². The van der Waals surface area contributed by atoms with Crippen molar-refractivity contribution in [2.45, 2.75) is 12.8 Å². The molecule has 2 heteroatoms. The molecule has 3 aromatic carbocycles. The second-order valence-electron chi connectivity index (χ2n) is 7.29. The molecule has 0 spiro atoms. The molecule has 2 nitrogen and oxygen atoms in total. The summed E-state index contributed by atoms with van der Waals surface area (Å²) in [4.78, 5) is 7.17. The number of benzene rings is 3. The van der Waals surface area contributed by atoms with Gasteiger partial charge in [0, 0.05) is 30.4 Å². The summed E-state index contributed by atoms with van der Waals surface area (Å²) in [6, 6.07) is 28.4. The average molecular weight is 346 g/mol. The molecule has 2 aliphatic heterocycles. The molecule has 4 aromatic rings. The second kappa shape index (κ2) is 5.55. The van der Waals surface area contributed by atoms with Gasteiger partial charge >= 0.3 is 0 Å². The highest BCUT2D eigenvalue weighted by molar-refractivity contribution is 5.89. The lowest BCUT2D eigenvalue weighted by Crippen LogP contribution is -2.25. The number of pyridine rings is 1. The Kier molecular flexibility index (Phi) is 3.03. The Morgan fingerprint density at radius 1 is 0.630 bits per heavy atom. The summed E-state index contributed by atoms with van der Waals surface area (Å²) in [6.07, 6.45) is 3.83. The van der Waals surface area contributed by atoms with Gasteiger partial charge in [-0.3, -0.25) is 4.98 Å². The fraction of sp³-hybridized carbons (Fsp3) is 0.0800. The highest BCUT2D eigenvalue weighted by atomic mass is 15.2. The molecule has 6 rings (SSSR count). The maximum absolute atomic E-state index is 4.74. The molecule has 0 atom stereocenters. The third-order valence-electron chi connectivity index (χ3n) is 5.71. The van der Waals surface area contributed by atoms with Crippen LogP contribution in [0.4, 0.5) is 17.1 Å². The Bertz CT molecular complexity index is 1180. The smallest absolute Gasteiger partial charge is 0.0716 e. The zero-order chi connectivity index (χ0) is 17.8. The van der Waals surface area contributed by atoms with Gasteiger partial charge in [0.1, 0.15) is 0 Å². The monoisotopic (exact) mass is 346 g/mol. The van der Waals surface area contributed by atoms with Crippen LogP contribution in [0, 0.1) is 0 Å². The van der Waals surface area contributed by atoms with Gasteiger partial charge in [0.25, 0.3) is 0 Å². The summed E-state index contributed by atoms with van der Waals surface area (Å²) >= 11 is 0. The lowest BCUT2D eigenvalue weighted by Gasteiger charge is -2.38. The van der Waals surface area contributed by atoms with Crippen LogP contribution in [0.2, 0.25) is 0 Å². The molecule has 0 radical (unpaired) electrons. The number of hydrogen-bond acceptors (Lipinski definition) is 2. The van der Waals surface area contributed by atoms with Crippen LogP contribution in [-0.2, 0) is 12.8 Å². The standard InChI is InChI=1S/C25H18N2/c1-2-6-17(7-3-1)18-10-11-24-21(14-18)16-22-25-20(12-13-26-22)15-19-8-4-5-9-23(19)27(24)25/h1-14H,15-16H2. The van der Waals surface area contributed by atoms with Crippen LogP contribution in [0.15, 0.2) is 85.1 Å². The summed E-state index contributed by atoms with van der Waals surface area (Å²) in [5, 5.41) is 0. The van der Waals surface area contributed by atoms with Crippen molar-refractivity contribution < 1.29 is 0 Å². The van der Waals surface area contributed by atoms with E-state index in [4.69, 9.17) is 4.98 Å². The normalized spacial score (nSPS) is 13.6. The Labute approximate surface area is 158 Å². The second-order valence-corrected chi connectivity index (χ2v) is 7.29. The largest absolute Gasteiger partial charge is 0.308 e. The Morgan fingerprint density at radius 2 is 1.44 bits per heavy atom. The number of rotatable bonds is 1. The van der Waals surface area contributed by atoms with Crippen molar-refractivity contribution in [3.8, 4) is 11.1 Å². The molecular formula is C25H18N2. The molecule has 2 aliphatic rings. The summed E-state index contributed by atoms with van der Waals surface area (Å²) < 4.78 is 0. The molecule has 27 heavy (non-hydrogen) atoms. The number of para-hydroxylation sites is 1. The lowest BCUT2D eigenvalue weighted by atomic mass is 9.88. The highest BCUT2D eigenvalue weighted by Gasteiger charge is 2.31. The van der Waals surface area contributed by atoms with E-state index in [9.17, 15) is 0 Å². The van der Waals surface area contributed by atoms with Gasteiger partial charge in [0.05, 0.1) is 11.4 Å². The first kappa shape index (κ1) is 14.7. The van der Waals surface area contributed by atoms with Gasteiger partial charge in [-0.05, 0) is 52.1 Å². The SMILES string of the molecule is c1ccc(-c2ccc3c(c2)Cc2nccc4c2N3c2ccccc2C4)cc1. The van der Waals surface area contributed by atoms with Crippen molar-refractivity contribution in [1.82, 2.24) is 4.98 Å². The Morgan fingerprint density at radius 3 is 2.37 bits per heavy atom. The van der Waals surface area contributed by atoms with E-state index in [1.807, 2.05) is 6.20 Å². The minimum Gasteiger partial charge on any atom is -0.308 e. The van der Waals surface area contributed by atoms with Crippen LogP contribution >= 0.6 is 0 Å². The fourth-order valence-electron chi connectivity index (χ4n) is 4.48. The Hall–Kier alpha value is -3.39. The Balaban J connectivity index is 1.58. The van der Waals surface area contributed by atoms with E-state index < -0.39 is 0 Å². The van der Waals surface area contributed by atoms with Crippen molar-refractivity contribution >= 4 is 17.1 Å². The van der Waals surface area contributed by atoms with Crippen LogP contribution in [0.25, 0.3) is 11.1 Å². The summed E-state index contributed by atoms with van der Waals surface area (Å²) in [5.41, 5.74) is 11.6. The van der Waals surface area contributed by atoms with Crippen LogP contribution in [0.5, 0.6) is 0 Å². The van der Waals surface area contributed by atoms with Crippen molar-refractivity contribution in [3.63, 3.8) is 0 Å². The summed E-state index contributed by atoms with van der Waals surface area (Å²) in [5.74, 6) is 0. The van der Waals surface area contributed by atoms with Crippen LogP contribution in [0.3, 0.4) is 0 Å². The third kappa shape index (κ3) is 2.16. The molecule has 0 fully saturated rings. The first-order chi connectivity index (χ1) is 13.4. The molecule has 0 amide bonds. The van der Waals surface area contributed by atoms with Crippen LogP contribution < -0.4 is 4.90 Å². The van der Waals surface area contributed by atoms with E-state index in [1.165, 1.54) is 50.6 Å². The van der Waals surface area contributed by atoms with E-state index >= 15 is 0 Å². The molecule has 1 aromatic heterocycles. The zero-order valence-corrected chi connectivity index (χ0v) is 14.9. The predicted octanol–water partition coefficient (Wildman–Crippen LogP) is 6.03. The molecule has 0 unspecified atom stereocenters. The number of fused-ring (bicyclic) bond motifs is 4. The van der Waals surface area contributed by atoms with Gasteiger partial charge in [-0.15, -0.1) is 0 Å². The fourth-order valence-corrected chi connectivity index (χ4v) is 4.48. The quantitative estimate of drug-likeness (QED) is 0.361. The first-order valence-corrected chi connectivity index (χ1v) is 9.41. The number of anilines is 3. The van der Waals surface area contributed by atoms with Crippen LogP contribution in [0.1, 0.15) is 22.4 Å². The molecule has 0 bridgehead atoms. The highest BCUT2D eigenvalue weighted by Crippen LogP contribution is 2.49. The maximum atomic E-state index is 4.74. The lowest BCUT2D eigenvalue weighted by molar-refractivity contribution is 0.961. The van der Waals surface area contributed by atoms with E-state index in [2.05, 4.69) is 83.8 Å². The molecule has 0 saturated carbocycles. The van der Waals surface area contributed by atoms with Crippen molar-refractivity contribution in [3.05, 3.63) is 107 Å². The van der Waals surface area contributed by atoms with Gasteiger partial charge in [-0.1, -0.05) is 54.6 Å². The summed E-state index contributed by atoms with van der Waals surface area (Å²) in [7, 11) is 0. The van der Waals surface area contributed by atoms with E-state index in [1.54, 1.807) is 0 Å². The van der Waals surface area contributed by atoms with Crippen molar-refractivity contribution in [2.75, 3.05) is 4.90 Å². The first-order valence-electron chi connectivity index (χ1n) is 9.41.